The van der Waals surface area contributed by atoms with Gasteiger partial charge in [0.2, 0.25) is 6.79 Å². The number of aliphatic hydroxyl groups is 1. The molecular weight excluding hydrogens is 204 g/mol. The van der Waals surface area contributed by atoms with Crippen LogP contribution in [0.4, 0.5) is 0 Å². The third-order valence-corrected chi connectivity index (χ3v) is 3.10. The highest BCUT2D eigenvalue weighted by molar-refractivity contribution is 5.45. The SMILES string of the molecule is CCC(C)CC(O)c1ccc2c(c1)OCO2. The van der Waals surface area contributed by atoms with Gasteiger partial charge in [0.15, 0.2) is 11.5 Å². The topological polar surface area (TPSA) is 38.7 Å². The molecule has 1 aliphatic rings. The minimum absolute atomic E-state index is 0.278. The van der Waals surface area contributed by atoms with E-state index in [4.69, 9.17) is 9.47 Å². The number of hydrogen-bond acceptors (Lipinski definition) is 3. The van der Waals surface area contributed by atoms with Gasteiger partial charge in [0, 0.05) is 0 Å². The van der Waals surface area contributed by atoms with Gasteiger partial charge >= 0.3 is 0 Å². The first kappa shape index (κ1) is 11.3. The van der Waals surface area contributed by atoms with E-state index in [-0.39, 0.29) is 6.79 Å². The summed E-state index contributed by atoms with van der Waals surface area (Å²) in [7, 11) is 0. The minimum atomic E-state index is -0.413. The molecule has 2 atom stereocenters. The molecule has 1 N–H and O–H groups in total. The summed E-state index contributed by atoms with van der Waals surface area (Å²) in [5.41, 5.74) is 0.907. The van der Waals surface area contributed by atoms with E-state index in [0.717, 1.165) is 29.9 Å². The normalized spacial score (nSPS) is 17.2. The molecule has 1 aliphatic heterocycles. The van der Waals surface area contributed by atoms with E-state index < -0.39 is 6.10 Å². The van der Waals surface area contributed by atoms with Crippen LogP contribution in [-0.4, -0.2) is 11.9 Å². The van der Waals surface area contributed by atoms with Gasteiger partial charge in [-0.1, -0.05) is 26.3 Å². The summed E-state index contributed by atoms with van der Waals surface area (Å²) < 4.78 is 10.5. The smallest absolute Gasteiger partial charge is 0.231 e. The molecular formula is C13H18O3. The predicted octanol–water partition coefficient (Wildman–Crippen LogP) is 2.88. The van der Waals surface area contributed by atoms with Gasteiger partial charge in [0.25, 0.3) is 0 Å². The molecule has 0 bridgehead atoms. The van der Waals surface area contributed by atoms with Gasteiger partial charge < -0.3 is 14.6 Å². The lowest BCUT2D eigenvalue weighted by molar-refractivity contribution is 0.146. The van der Waals surface area contributed by atoms with E-state index in [9.17, 15) is 5.11 Å². The molecule has 2 rings (SSSR count). The zero-order valence-corrected chi connectivity index (χ0v) is 9.77. The second-order valence-corrected chi connectivity index (χ2v) is 4.38. The number of rotatable bonds is 4. The summed E-state index contributed by atoms with van der Waals surface area (Å²) in [6.07, 6.45) is 1.46. The average Bonchev–Trinajstić information content (AvgIpc) is 2.75. The second-order valence-electron chi connectivity index (χ2n) is 4.38. The molecule has 0 saturated carbocycles. The van der Waals surface area contributed by atoms with Crippen LogP contribution in [0.2, 0.25) is 0 Å². The van der Waals surface area contributed by atoms with E-state index >= 15 is 0 Å². The van der Waals surface area contributed by atoms with Crippen molar-refractivity contribution in [3.05, 3.63) is 23.8 Å². The largest absolute Gasteiger partial charge is 0.454 e. The van der Waals surface area contributed by atoms with Crippen LogP contribution >= 0.6 is 0 Å². The molecule has 3 nitrogen and oxygen atoms in total. The van der Waals surface area contributed by atoms with Crippen LogP contribution in [0, 0.1) is 5.92 Å². The second kappa shape index (κ2) is 4.74. The zero-order chi connectivity index (χ0) is 11.5. The Hall–Kier alpha value is -1.22. The number of ether oxygens (including phenoxy) is 2. The standard InChI is InChI=1S/C13H18O3/c1-3-9(2)6-11(14)10-4-5-12-13(7-10)16-8-15-12/h4-5,7,9,11,14H,3,6,8H2,1-2H3. The molecule has 0 saturated heterocycles. The highest BCUT2D eigenvalue weighted by Crippen LogP contribution is 2.35. The maximum Gasteiger partial charge on any atom is 0.231 e. The van der Waals surface area contributed by atoms with Gasteiger partial charge in [0.05, 0.1) is 6.10 Å². The van der Waals surface area contributed by atoms with Crippen LogP contribution in [0.5, 0.6) is 11.5 Å². The van der Waals surface area contributed by atoms with Crippen molar-refractivity contribution in [1.29, 1.82) is 0 Å². The quantitative estimate of drug-likeness (QED) is 0.851. The van der Waals surface area contributed by atoms with Gasteiger partial charge in [-0.15, -0.1) is 0 Å². The minimum Gasteiger partial charge on any atom is -0.454 e. The monoisotopic (exact) mass is 222 g/mol. The molecule has 1 aromatic carbocycles. The van der Waals surface area contributed by atoms with Crippen LogP contribution < -0.4 is 9.47 Å². The predicted molar refractivity (Wildman–Crippen MR) is 61.6 cm³/mol. The first-order chi connectivity index (χ1) is 7.70. The molecule has 0 spiro atoms. The molecule has 2 unspecified atom stereocenters. The zero-order valence-electron chi connectivity index (χ0n) is 9.77. The Kier molecular flexibility index (Phi) is 3.34. The fourth-order valence-corrected chi connectivity index (χ4v) is 1.80. The summed E-state index contributed by atoms with van der Waals surface area (Å²) in [6.45, 7) is 4.56. The summed E-state index contributed by atoms with van der Waals surface area (Å²) in [5, 5.41) is 10.1. The van der Waals surface area contributed by atoms with Gasteiger partial charge in [-0.2, -0.15) is 0 Å². The first-order valence-electron chi connectivity index (χ1n) is 5.78. The van der Waals surface area contributed by atoms with Gasteiger partial charge in [-0.05, 0) is 30.0 Å². The van der Waals surface area contributed by atoms with Crippen LogP contribution in [-0.2, 0) is 0 Å². The Labute approximate surface area is 96.0 Å². The average molecular weight is 222 g/mol. The molecule has 0 radical (unpaired) electrons. The molecule has 0 aromatic heterocycles. The summed E-state index contributed by atoms with van der Waals surface area (Å²) in [4.78, 5) is 0. The molecule has 0 amide bonds. The van der Waals surface area contributed by atoms with Crippen LogP contribution in [0.3, 0.4) is 0 Å². The van der Waals surface area contributed by atoms with Crippen LogP contribution in [0.15, 0.2) is 18.2 Å². The lowest BCUT2D eigenvalue weighted by Gasteiger charge is -2.15. The van der Waals surface area contributed by atoms with Gasteiger partial charge in [-0.3, -0.25) is 0 Å². The van der Waals surface area contributed by atoms with Gasteiger partial charge in [-0.25, -0.2) is 0 Å². The summed E-state index contributed by atoms with van der Waals surface area (Å²) >= 11 is 0. The lowest BCUT2D eigenvalue weighted by Crippen LogP contribution is -2.03. The number of aliphatic hydroxyl groups excluding tert-OH is 1. The maximum atomic E-state index is 10.1. The Balaban J connectivity index is 2.09. The van der Waals surface area contributed by atoms with E-state index in [1.54, 1.807) is 0 Å². The Morgan fingerprint density at radius 2 is 2.06 bits per heavy atom. The molecule has 1 heterocycles. The third-order valence-electron chi connectivity index (χ3n) is 3.10. The molecule has 16 heavy (non-hydrogen) atoms. The van der Waals surface area contributed by atoms with Crippen molar-refractivity contribution in [2.24, 2.45) is 5.92 Å². The maximum absolute atomic E-state index is 10.1. The number of hydrogen-bond donors (Lipinski definition) is 1. The Morgan fingerprint density at radius 3 is 2.81 bits per heavy atom. The van der Waals surface area contributed by atoms with Crippen molar-refractivity contribution in [3.63, 3.8) is 0 Å². The van der Waals surface area contributed by atoms with E-state index in [1.165, 1.54) is 0 Å². The Morgan fingerprint density at radius 1 is 1.31 bits per heavy atom. The van der Waals surface area contributed by atoms with Crippen molar-refractivity contribution < 1.29 is 14.6 Å². The lowest BCUT2D eigenvalue weighted by atomic mass is 9.96. The van der Waals surface area contributed by atoms with E-state index in [2.05, 4.69) is 13.8 Å². The van der Waals surface area contributed by atoms with Gasteiger partial charge in [0.1, 0.15) is 0 Å². The fraction of sp³-hybridized carbons (Fsp3) is 0.538. The van der Waals surface area contributed by atoms with Crippen molar-refractivity contribution in [3.8, 4) is 11.5 Å². The summed E-state index contributed by atoms with van der Waals surface area (Å²) in [6, 6.07) is 5.63. The van der Waals surface area contributed by atoms with Crippen LogP contribution in [0.1, 0.15) is 38.4 Å². The molecule has 0 aliphatic carbocycles. The first-order valence-corrected chi connectivity index (χ1v) is 5.78. The fourth-order valence-electron chi connectivity index (χ4n) is 1.80. The highest BCUT2D eigenvalue weighted by Gasteiger charge is 2.17. The molecule has 3 heteroatoms. The van der Waals surface area contributed by atoms with Crippen molar-refractivity contribution in [2.75, 3.05) is 6.79 Å². The highest BCUT2D eigenvalue weighted by atomic mass is 16.7. The summed E-state index contributed by atoms with van der Waals surface area (Å²) in [5.74, 6) is 2.03. The van der Waals surface area contributed by atoms with Crippen molar-refractivity contribution in [1.82, 2.24) is 0 Å². The van der Waals surface area contributed by atoms with Crippen LogP contribution in [0.25, 0.3) is 0 Å². The van der Waals surface area contributed by atoms with E-state index in [1.807, 2.05) is 18.2 Å². The molecule has 0 fully saturated rings. The Bertz CT molecular complexity index is 362. The number of benzene rings is 1. The third kappa shape index (κ3) is 2.30. The molecule has 1 aromatic rings. The van der Waals surface area contributed by atoms with E-state index in [0.29, 0.717) is 5.92 Å². The van der Waals surface area contributed by atoms with Crippen molar-refractivity contribution >= 4 is 0 Å². The number of fused-ring (bicyclic) bond motifs is 1. The molecule has 88 valence electrons. The van der Waals surface area contributed by atoms with Crippen molar-refractivity contribution in [2.45, 2.75) is 32.8 Å².